The summed E-state index contributed by atoms with van der Waals surface area (Å²) in [4.78, 5) is 14.6. The summed E-state index contributed by atoms with van der Waals surface area (Å²) < 4.78 is 11.1. The minimum atomic E-state index is 0.378. The lowest BCUT2D eigenvalue weighted by atomic mass is 10.0. The van der Waals surface area contributed by atoms with Crippen LogP contribution in [0.2, 0.25) is 0 Å². The average molecular weight is 397 g/mol. The van der Waals surface area contributed by atoms with E-state index in [1.54, 1.807) is 7.11 Å². The van der Waals surface area contributed by atoms with Gasteiger partial charge in [-0.1, -0.05) is 12.5 Å². The molecule has 29 heavy (non-hydrogen) atoms. The minimum Gasteiger partial charge on any atom is -0.493 e. The summed E-state index contributed by atoms with van der Waals surface area (Å²) >= 11 is 0. The second-order valence-corrected chi connectivity index (χ2v) is 8.07. The molecule has 1 aromatic carbocycles. The highest BCUT2D eigenvalue weighted by Crippen LogP contribution is 2.30. The average Bonchev–Trinajstić information content (AvgIpc) is 2.75. The summed E-state index contributed by atoms with van der Waals surface area (Å²) in [5, 5.41) is 0. The Bertz CT molecular complexity index is 842. The van der Waals surface area contributed by atoms with Gasteiger partial charge in [0.1, 0.15) is 5.82 Å². The lowest BCUT2D eigenvalue weighted by molar-refractivity contribution is 0.178. The molecule has 0 spiro atoms. The maximum Gasteiger partial charge on any atom is 0.161 e. The second-order valence-electron chi connectivity index (χ2n) is 8.07. The van der Waals surface area contributed by atoms with Gasteiger partial charge in [-0.3, -0.25) is 9.80 Å². The van der Waals surface area contributed by atoms with Crippen molar-refractivity contribution in [2.24, 2.45) is 0 Å². The molecule has 156 valence electrons. The van der Waals surface area contributed by atoms with Crippen molar-refractivity contribution in [3.63, 3.8) is 0 Å². The maximum atomic E-state index is 5.63. The Labute approximate surface area is 173 Å². The van der Waals surface area contributed by atoms with Gasteiger partial charge in [0.2, 0.25) is 0 Å². The molecule has 0 amide bonds. The monoisotopic (exact) mass is 396 g/mol. The van der Waals surface area contributed by atoms with Gasteiger partial charge in [-0.05, 0) is 51.1 Å². The van der Waals surface area contributed by atoms with Crippen LogP contribution in [0.1, 0.15) is 54.9 Å². The molecule has 2 aliphatic rings. The van der Waals surface area contributed by atoms with E-state index in [-0.39, 0.29) is 0 Å². The van der Waals surface area contributed by atoms with Gasteiger partial charge in [0.25, 0.3) is 0 Å². The van der Waals surface area contributed by atoms with Gasteiger partial charge < -0.3 is 9.47 Å². The van der Waals surface area contributed by atoms with Crippen molar-refractivity contribution in [1.29, 1.82) is 0 Å². The van der Waals surface area contributed by atoms with Gasteiger partial charge >= 0.3 is 0 Å². The van der Waals surface area contributed by atoms with Crippen molar-refractivity contribution in [1.82, 2.24) is 19.8 Å². The predicted octanol–water partition coefficient (Wildman–Crippen LogP) is 3.60. The number of methoxy groups -OCH3 is 1. The number of rotatable bonds is 6. The molecule has 1 aromatic heterocycles. The van der Waals surface area contributed by atoms with Gasteiger partial charge in [-0.25, -0.2) is 9.97 Å². The number of ether oxygens (including phenoxy) is 2. The van der Waals surface area contributed by atoms with Crippen molar-refractivity contribution in [3.05, 3.63) is 47.0 Å². The number of nitrogens with zero attached hydrogens (tertiary/aromatic N) is 4. The van der Waals surface area contributed by atoms with Gasteiger partial charge in [0.05, 0.1) is 19.8 Å². The van der Waals surface area contributed by atoms with Crippen LogP contribution in [-0.4, -0.2) is 53.6 Å². The highest BCUT2D eigenvalue weighted by molar-refractivity contribution is 5.43. The maximum absolute atomic E-state index is 5.63. The molecule has 2 aromatic rings. The van der Waals surface area contributed by atoms with E-state index < -0.39 is 0 Å². The Kier molecular flexibility index (Phi) is 6.31. The van der Waals surface area contributed by atoms with E-state index >= 15 is 0 Å². The Morgan fingerprint density at radius 1 is 1.17 bits per heavy atom. The fourth-order valence-electron chi connectivity index (χ4n) is 4.43. The lowest BCUT2D eigenvalue weighted by Gasteiger charge is -2.33. The smallest absolute Gasteiger partial charge is 0.161 e. The number of hydrogen-bond acceptors (Lipinski definition) is 6. The van der Waals surface area contributed by atoms with E-state index in [4.69, 9.17) is 19.4 Å². The molecule has 0 saturated carbocycles. The van der Waals surface area contributed by atoms with Crippen molar-refractivity contribution in [2.75, 3.05) is 33.9 Å². The van der Waals surface area contributed by atoms with E-state index in [9.17, 15) is 0 Å². The van der Waals surface area contributed by atoms with E-state index in [2.05, 4.69) is 35.2 Å². The van der Waals surface area contributed by atoms with E-state index in [0.29, 0.717) is 12.6 Å². The van der Waals surface area contributed by atoms with Crippen LogP contribution in [0.15, 0.2) is 24.4 Å². The Morgan fingerprint density at radius 3 is 2.86 bits per heavy atom. The third-order valence-corrected chi connectivity index (χ3v) is 6.03. The number of likely N-dealkylation sites (tertiary alicyclic amines) is 1. The van der Waals surface area contributed by atoms with Crippen LogP contribution in [0.5, 0.6) is 11.5 Å². The molecular formula is C23H32N4O2. The largest absolute Gasteiger partial charge is 0.493 e. The Hall–Kier alpha value is -2.18. The van der Waals surface area contributed by atoms with Crippen LogP contribution in [0, 0.1) is 0 Å². The molecule has 0 radical (unpaired) electrons. The molecule has 1 fully saturated rings. The van der Waals surface area contributed by atoms with Crippen molar-refractivity contribution in [2.45, 2.75) is 51.7 Å². The topological polar surface area (TPSA) is 50.7 Å². The van der Waals surface area contributed by atoms with Crippen LogP contribution in [-0.2, 0) is 19.5 Å². The number of piperidine rings is 1. The molecule has 6 nitrogen and oxygen atoms in total. The van der Waals surface area contributed by atoms with Gasteiger partial charge in [-0.15, -0.1) is 0 Å². The number of hydrogen-bond donors (Lipinski definition) is 0. The standard InChI is InChI=1S/C23H32N4O2/c1-4-29-21-9-8-17(13-22(21)28-3)15-27-12-10-19-18(16-27)14-24-23(25-19)20-7-5-6-11-26(20)2/h8-9,13-14,20H,4-7,10-12,15-16H2,1-3H3. The number of aromatic nitrogens is 2. The summed E-state index contributed by atoms with van der Waals surface area (Å²) in [7, 11) is 3.89. The minimum absolute atomic E-state index is 0.378. The molecule has 2 aliphatic heterocycles. The predicted molar refractivity (Wildman–Crippen MR) is 113 cm³/mol. The third kappa shape index (κ3) is 4.54. The van der Waals surface area contributed by atoms with E-state index in [0.717, 1.165) is 49.9 Å². The summed E-state index contributed by atoms with van der Waals surface area (Å²) in [6.07, 6.45) is 6.76. The molecule has 6 heteroatoms. The molecule has 1 saturated heterocycles. The van der Waals surface area contributed by atoms with Crippen LogP contribution in [0.4, 0.5) is 0 Å². The zero-order valence-corrected chi connectivity index (χ0v) is 17.9. The first kappa shape index (κ1) is 20.1. The van der Waals surface area contributed by atoms with Gasteiger partial charge in [0, 0.05) is 43.5 Å². The zero-order chi connectivity index (χ0) is 20.2. The van der Waals surface area contributed by atoms with Crippen molar-refractivity contribution >= 4 is 0 Å². The Morgan fingerprint density at radius 2 is 2.07 bits per heavy atom. The lowest BCUT2D eigenvalue weighted by Crippen LogP contribution is -2.33. The fraction of sp³-hybridized carbons (Fsp3) is 0.565. The zero-order valence-electron chi connectivity index (χ0n) is 17.9. The fourth-order valence-corrected chi connectivity index (χ4v) is 4.43. The summed E-state index contributed by atoms with van der Waals surface area (Å²) in [6.45, 7) is 6.56. The first-order chi connectivity index (χ1) is 14.2. The molecule has 1 atom stereocenters. The van der Waals surface area contributed by atoms with Gasteiger partial charge in [0.15, 0.2) is 11.5 Å². The number of fused-ring (bicyclic) bond motifs is 1. The van der Waals surface area contributed by atoms with E-state index in [1.165, 1.54) is 36.1 Å². The molecule has 0 bridgehead atoms. The summed E-state index contributed by atoms with van der Waals surface area (Å²) in [5.41, 5.74) is 3.72. The highest BCUT2D eigenvalue weighted by Gasteiger charge is 2.25. The normalized spacial score (nSPS) is 20.3. The molecule has 3 heterocycles. The quantitative estimate of drug-likeness (QED) is 0.744. The molecule has 0 N–H and O–H groups in total. The van der Waals surface area contributed by atoms with E-state index in [1.807, 2.05) is 13.0 Å². The second kappa shape index (κ2) is 9.09. The van der Waals surface area contributed by atoms with Crippen molar-refractivity contribution in [3.8, 4) is 11.5 Å². The van der Waals surface area contributed by atoms with Crippen LogP contribution in [0.25, 0.3) is 0 Å². The molecule has 4 rings (SSSR count). The van der Waals surface area contributed by atoms with Crippen LogP contribution >= 0.6 is 0 Å². The third-order valence-electron chi connectivity index (χ3n) is 6.03. The molecule has 0 aliphatic carbocycles. The van der Waals surface area contributed by atoms with Crippen LogP contribution in [0.3, 0.4) is 0 Å². The molecule has 1 unspecified atom stereocenters. The van der Waals surface area contributed by atoms with Crippen molar-refractivity contribution < 1.29 is 9.47 Å². The van der Waals surface area contributed by atoms with Gasteiger partial charge in [-0.2, -0.15) is 0 Å². The number of benzene rings is 1. The summed E-state index contributed by atoms with van der Waals surface area (Å²) in [6, 6.07) is 6.59. The SMILES string of the molecule is CCOc1ccc(CN2CCc3nc(C4CCCCN4C)ncc3C2)cc1OC. The first-order valence-corrected chi connectivity index (χ1v) is 10.7. The Balaban J connectivity index is 1.44. The first-order valence-electron chi connectivity index (χ1n) is 10.7. The highest BCUT2D eigenvalue weighted by atomic mass is 16.5. The summed E-state index contributed by atoms with van der Waals surface area (Å²) in [5.74, 6) is 2.61. The molecular weight excluding hydrogens is 364 g/mol. The van der Waals surface area contributed by atoms with Crippen LogP contribution < -0.4 is 9.47 Å².